The maximum atomic E-state index is 12.3. The van der Waals surface area contributed by atoms with Crippen LogP contribution in [0.5, 0.6) is 0 Å². The van der Waals surface area contributed by atoms with Gasteiger partial charge in [-0.3, -0.25) is 14.7 Å². The van der Waals surface area contributed by atoms with Gasteiger partial charge >= 0.3 is 0 Å². The second-order valence-corrected chi connectivity index (χ2v) is 7.13. The molecule has 1 aromatic rings. The summed E-state index contributed by atoms with van der Waals surface area (Å²) in [5, 5.41) is 3.16. The number of pyridine rings is 1. The zero-order chi connectivity index (χ0) is 15.9. The van der Waals surface area contributed by atoms with Crippen molar-refractivity contribution in [2.45, 2.75) is 43.3 Å². The average Bonchev–Trinajstić information content (AvgIpc) is 3.47. The number of amides is 1. The molecule has 2 saturated carbocycles. The second kappa shape index (κ2) is 5.54. The molecule has 2 heterocycles. The third-order valence-electron chi connectivity index (χ3n) is 5.17. The number of carbonyl (C=O) groups is 1. The van der Waals surface area contributed by atoms with Crippen molar-refractivity contribution in [2.24, 2.45) is 5.73 Å². The van der Waals surface area contributed by atoms with E-state index in [1.807, 2.05) is 6.20 Å². The van der Waals surface area contributed by atoms with Crippen LogP contribution in [0.2, 0.25) is 0 Å². The summed E-state index contributed by atoms with van der Waals surface area (Å²) in [6, 6.07) is 4.20. The van der Waals surface area contributed by atoms with Gasteiger partial charge in [0.2, 0.25) is 5.91 Å². The summed E-state index contributed by atoms with van der Waals surface area (Å²) < 4.78 is 5.39. The highest BCUT2D eigenvalue weighted by molar-refractivity contribution is 5.90. The van der Waals surface area contributed by atoms with Crippen molar-refractivity contribution in [1.29, 1.82) is 0 Å². The Morgan fingerprint density at radius 2 is 2.04 bits per heavy atom. The van der Waals surface area contributed by atoms with E-state index < -0.39 is 5.54 Å². The molecule has 0 atom stereocenters. The van der Waals surface area contributed by atoms with E-state index in [1.165, 1.54) is 5.56 Å². The summed E-state index contributed by atoms with van der Waals surface area (Å²) in [6.07, 6.45) is 5.33. The Balaban J connectivity index is 1.46. The lowest BCUT2D eigenvalue weighted by atomic mass is 10.1. The third-order valence-corrected chi connectivity index (χ3v) is 5.17. The Morgan fingerprint density at radius 3 is 2.70 bits per heavy atom. The van der Waals surface area contributed by atoms with Gasteiger partial charge in [0, 0.05) is 25.8 Å². The van der Waals surface area contributed by atoms with Crippen molar-refractivity contribution in [1.82, 2.24) is 15.2 Å². The van der Waals surface area contributed by atoms with Gasteiger partial charge in [-0.25, -0.2) is 0 Å². The van der Waals surface area contributed by atoms with E-state index in [0.29, 0.717) is 0 Å². The van der Waals surface area contributed by atoms with Crippen LogP contribution in [-0.2, 0) is 21.6 Å². The van der Waals surface area contributed by atoms with Gasteiger partial charge < -0.3 is 15.8 Å². The Hall–Kier alpha value is -1.50. The average molecular weight is 316 g/mol. The quantitative estimate of drug-likeness (QED) is 0.827. The van der Waals surface area contributed by atoms with Crippen LogP contribution in [0.3, 0.4) is 0 Å². The highest BCUT2D eigenvalue weighted by Crippen LogP contribution is 2.46. The second-order valence-electron chi connectivity index (χ2n) is 7.13. The summed E-state index contributed by atoms with van der Waals surface area (Å²) in [7, 11) is 0. The highest BCUT2D eigenvalue weighted by atomic mass is 16.5. The molecule has 3 N–H and O–H groups in total. The van der Waals surface area contributed by atoms with Gasteiger partial charge in [-0.1, -0.05) is 0 Å². The fraction of sp³-hybridized carbons (Fsp3) is 0.647. The number of nitrogens with two attached hydrogens (primary N) is 1. The number of carbonyl (C=O) groups excluding carboxylic acids is 1. The van der Waals surface area contributed by atoms with E-state index >= 15 is 0 Å². The summed E-state index contributed by atoms with van der Waals surface area (Å²) in [5.41, 5.74) is 7.31. The molecule has 0 radical (unpaired) electrons. The largest absolute Gasteiger partial charge is 0.379 e. The van der Waals surface area contributed by atoms with Gasteiger partial charge in [-0.15, -0.1) is 0 Å². The Kier molecular flexibility index (Phi) is 3.63. The first kappa shape index (κ1) is 15.1. The smallest absolute Gasteiger partial charge is 0.240 e. The normalized spacial score (nSPS) is 24.9. The molecule has 3 aliphatic rings. The van der Waals surface area contributed by atoms with Crippen molar-refractivity contribution < 1.29 is 9.53 Å². The molecule has 0 bridgehead atoms. The van der Waals surface area contributed by atoms with E-state index in [0.717, 1.165) is 64.2 Å². The number of aromatic nitrogens is 1. The molecule has 3 fully saturated rings. The van der Waals surface area contributed by atoms with Crippen molar-refractivity contribution in [3.8, 4) is 0 Å². The zero-order valence-electron chi connectivity index (χ0n) is 13.4. The predicted molar refractivity (Wildman–Crippen MR) is 85.5 cm³/mol. The summed E-state index contributed by atoms with van der Waals surface area (Å²) in [6.45, 7) is 4.45. The van der Waals surface area contributed by atoms with Gasteiger partial charge in [-0.05, 0) is 43.4 Å². The first-order valence-electron chi connectivity index (χ1n) is 8.47. The van der Waals surface area contributed by atoms with Crippen molar-refractivity contribution in [2.75, 3.05) is 26.3 Å². The maximum Gasteiger partial charge on any atom is 0.240 e. The standard InChI is InChI=1S/C17H24N4O2/c18-16(2-3-16)15(22)20-17(4-5-17)14-11-13(1-6-19-14)12-21-7-9-23-10-8-21/h1,6,11H,2-5,7-10,12,18H2,(H,20,22). The van der Waals surface area contributed by atoms with Crippen LogP contribution in [0.1, 0.15) is 36.9 Å². The van der Waals surface area contributed by atoms with Gasteiger partial charge in [0.15, 0.2) is 0 Å². The first-order valence-corrected chi connectivity index (χ1v) is 8.47. The maximum absolute atomic E-state index is 12.3. The van der Waals surface area contributed by atoms with Crippen LogP contribution in [-0.4, -0.2) is 47.6 Å². The number of morpholine rings is 1. The van der Waals surface area contributed by atoms with Crippen molar-refractivity contribution >= 4 is 5.91 Å². The number of nitrogens with one attached hydrogen (secondary N) is 1. The summed E-state index contributed by atoms with van der Waals surface area (Å²) >= 11 is 0. The summed E-state index contributed by atoms with van der Waals surface area (Å²) in [4.78, 5) is 19.2. The molecule has 6 heteroatoms. The van der Waals surface area contributed by atoms with Crippen LogP contribution >= 0.6 is 0 Å². The van der Waals surface area contributed by atoms with Crippen molar-refractivity contribution in [3.63, 3.8) is 0 Å². The number of hydrogen-bond acceptors (Lipinski definition) is 5. The SMILES string of the molecule is NC1(C(=O)NC2(c3cc(CN4CCOCC4)ccn3)CC2)CC1. The molecule has 1 aromatic heterocycles. The zero-order valence-corrected chi connectivity index (χ0v) is 13.4. The molecule has 1 amide bonds. The molecular formula is C17H24N4O2. The topological polar surface area (TPSA) is 80.5 Å². The molecule has 0 spiro atoms. The lowest BCUT2D eigenvalue weighted by Crippen LogP contribution is -2.47. The fourth-order valence-electron chi connectivity index (χ4n) is 3.13. The van der Waals surface area contributed by atoms with Crippen LogP contribution in [0, 0.1) is 0 Å². The minimum absolute atomic E-state index is 0.0182. The lowest BCUT2D eigenvalue weighted by molar-refractivity contribution is -0.124. The minimum atomic E-state index is -0.624. The van der Waals surface area contributed by atoms with E-state index in [9.17, 15) is 4.79 Å². The molecule has 0 aromatic carbocycles. The van der Waals surface area contributed by atoms with Gasteiger partial charge in [0.05, 0.1) is 30.0 Å². The number of hydrogen-bond donors (Lipinski definition) is 2. The summed E-state index contributed by atoms with van der Waals surface area (Å²) in [5.74, 6) is -0.0182. The van der Waals surface area contributed by atoms with E-state index in [4.69, 9.17) is 10.5 Å². The Bertz CT molecular complexity index is 604. The number of rotatable bonds is 5. The number of ether oxygens (including phenoxy) is 1. The third kappa shape index (κ3) is 3.11. The molecule has 6 nitrogen and oxygen atoms in total. The first-order chi connectivity index (χ1) is 11.1. The minimum Gasteiger partial charge on any atom is -0.379 e. The Labute approximate surface area is 136 Å². The lowest BCUT2D eigenvalue weighted by Gasteiger charge is -2.27. The van der Waals surface area contributed by atoms with Crippen LogP contribution in [0.15, 0.2) is 18.3 Å². The molecule has 4 rings (SSSR count). The highest BCUT2D eigenvalue weighted by Gasteiger charge is 2.53. The van der Waals surface area contributed by atoms with Crippen LogP contribution < -0.4 is 11.1 Å². The molecule has 1 aliphatic heterocycles. The molecule has 124 valence electrons. The monoisotopic (exact) mass is 316 g/mol. The molecule has 2 aliphatic carbocycles. The van der Waals surface area contributed by atoms with E-state index in [2.05, 4.69) is 27.3 Å². The Morgan fingerprint density at radius 1 is 1.30 bits per heavy atom. The predicted octanol–water partition coefficient (Wildman–Crippen LogP) is 0.510. The molecule has 23 heavy (non-hydrogen) atoms. The van der Waals surface area contributed by atoms with Gasteiger partial charge in [0.1, 0.15) is 0 Å². The van der Waals surface area contributed by atoms with Crippen LogP contribution in [0.25, 0.3) is 0 Å². The number of nitrogens with zero attached hydrogens (tertiary/aromatic N) is 2. The molecule has 1 saturated heterocycles. The van der Waals surface area contributed by atoms with Gasteiger partial charge in [0.25, 0.3) is 0 Å². The van der Waals surface area contributed by atoms with Gasteiger partial charge in [-0.2, -0.15) is 0 Å². The van der Waals surface area contributed by atoms with E-state index in [-0.39, 0.29) is 11.4 Å². The molecular weight excluding hydrogens is 292 g/mol. The van der Waals surface area contributed by atoms with E-state index in [1.54, 1.807) is 0 Å². The van der Waals surface area contributed by atoms with Crippen LogP contribution in [0.4, 0.5) is 0 Å². The van der Waals surface area contributed by atoms with Crippen molar-refractivity contribution in [3.05, 3.63) is 29.6 Å². The fourth-order valence-corrected chi connectivity index (χ4v) is 3.13. The molecule has 0 unspecified atom stereocenters.